The van der Waals surface area contributed by atoms with Crippen molar-refractivity contribution < 1.29 is 5.11 Å². The van der Waals surface area contributed by atoms with E-state index >= 15 is 0 Å². The van der Waals surface area contributed by atoms with Gasteiger partial charge in [0, 0.05) is 17.0 Å². The number of aromatic nitrogens is 1. The van der Waals surface area contributed by atoms with Crippen LogP contribution in [0.2, 0.25) is 5.02 Å². The van der Waals surface area contributed by atoms with Gasteiger partial charge in [-0.2, -0.15) is 0 Å². The fourth-order valence-corrected chi connectivity index (χ4v) is 3.39. The van der Waals surface area contributed by atoms with Crippen LogP contribution in [-0.4, -0.2) is 15.9 Å². The molecule has 0 aliphatic heterocycles. The summed E-state index contributed by atoms with van der Waals surface area (Å²) < 4.78 is 1.23. The second-order valence-corrected chi connectivity index (χ2v) is 6.74. The van der Waals surface area contributed by atoms with Gasteiger partial charge in [0.25, 0.3) is 5.56 Å². The summed E-state index contributed by atoms with van der Waals surface area (Å²) in [5, 5.41) is 12.5. The van der Waals surface area contributed by atoms with Crippen LogP contribution in [0, 0.1) is 0 Å². The monoisotopic (exact) mass is 388 g/mol. The molecular weight excluding hydrogens is 372 g/mol. The molecule has 3 aromatic carbocycles. The number of fused-ring (bicyclic) bond motifs is 1. The molecule has 0 radical (unpaired) electrons. The van der Waals surface area contributed by atoms with Gasteiger partial charge >= 0.3 is 0 Å². The average molecular weight is 389 g/mol. The minimum atomic E-state index is -0.332. The Hall–Kier alpha value is -3.37. The lowest BCUT2D eigenvalue weighted by atomic mass is 10.1. The maximum atomic E-state index is 13.0. The Morgan fingerprint density at radius 3 is 2.29 bits per heavy atom. The fourth-order valence-electron chi connectivity index (χ4n) is 3.17. The van der Waals surface area contributed by atoms with E-state index < -0.39 is 0 Å². The number of hydrogen-bond donors (Lipinski definition) is 1. The number of pyridine rings is 1. The lowest BCUT2D eigenvalue weighted by Crippen LogP contribution is -2.20. The van der Waals surface area contributed by atoms with Crippen molar-refractivity contribution in [3.63, 3.8) is 0 Å². The Morgan fingerprint density at radius 1 is 0.893 bits per heavy atom. The summed E-state index contributed by atoms with van der Waals surface area (Å²) >= 11 is 6.29. The zero-order valence-electron chi connectivity index (χ0n) is 14.9. The van der Waals surface area contributed by atoms with Gasteiger partial charge in [-0.25, -0.2) is 4.57 Å². The quantitative estimate of drug-likeness (QED) is 0.502. The molecule has 138 valence electrons. The van der Waals surface area contributed by atoms with Crippen LogP contribution in [-0.2, 0) is 6.54 Å². The molecule has 0 aliphatic rings. The minimum absolute atomic E-state index is 0.186. The van der Waals surface area contributed by atoms with Gasteiger partial charge in [0.15, 0.2) is 0 Å². The van der Waals surface area contributed by atoms with Gasteiger partial charge in [0.2, 0.25) is 5.88 Å². The molecule has 4 rings (SSSR count). The van der Waals surface area contributed by atoms with Crippen LogP contribution in [0.4, 0.5) is 0 Å². The van der Waals surface area contributed by atoms with E-state index in [1.807, 2.05) is 36.4 Å². The molecule has 0 saturated heterocycles. The molecule has 0 fully saturated rings. The first-order valence-corrected chi connectivity index (χ1v) is 9.20. The third-order valence-electron chi connectivity index (χ3n) is 4.53. The predicted molar refractivity (Wildman–Crippen MR) is 114 cm³/mol. The number of para-hydroxylation sites is 1. The first kappa shape index (κ1) is 18.0. The van der Waals surface area contributed by atoms with E-state index in [0.29, 0.717) is 33.6 Å². The van der Waals surface area contributed by atoms with Crippen LogP contribution in [0.3, 0.4) is 0 Å². The number of halogens is 1. The van der Waals surface area contributed by atoms with Gasteiger partial charge in [-0.1, -0.05) is 72.3 Å². The molecule has 28 heavy (non-hydrogen) atoms. The number of aliphatic imine (C=N–C) groups is 1. The van der Waals surface area contributed by atoms with E-state index in [1.54, 1.807) is 48.7 Å². The largest absolute Gasteiger partial charge is 0.494 e. The Balaban J connectivity index is 1.90. The summed E-state index contributed by atoms with van der Waals surface area (Å²) in [7, 11) is 0. The number of rotatable bonds is 4. The standard InChI is InChI=1S/C23H17ClN2O2/c24-20-12-6-7-13-21(20)26-22(27)18-11-5-4-10-17(18)19(23(26)28)15-25-14-16-8-2-1-3-9-16/h1-13,15,28H,14H2. The smallest absolute Gasteiger partial charge is 0.265 e. The zero-order valence-corrected chi connectivity index (χ0v) is 15.7. The Morgan fingerprint density at radius 2 is 1.54 bits per heavy atom. The summed E-state index contributed by atoms with van der Waals surface area (Å²) in [5.74, 6) is -0.186. The van der Waals surface area contributed by atoms with E-state index in [0.717, 1.165) is 5.56 Å². The molecule has 0 unspecified atom stereocenters. The second-order valence-electron chi connectivity index (χ2n) is 6.33. The van der Waals surface area contributed by atoms with Crippen molar-refractivity contribution in [2.24, 2.45) is 4.99 Å². The topological polar surface area (TPSA) is 54.6 Å². The molecule has 0 saturated carbocycles. The Labute approximate surface area is 167 Å². The van der Waals surface area contributed by atoms with Crippen LogP contribution in [0.1, 0.15) is 11.1 Å². The van der Waals surface area contributed by atoms with Crippen molar-refractivity contribution in [1.29, 1.82) is 0 Å². The van der Waals surface area contributed by atoms with Crippen molar-refractivity contribution in [2.45, 2.75) is 6.54 Å². The highest BCUT2D eigenvalue weighted by molar-refractivity contribution is 6.32. The molecule has 1 N–H and O–H groups in total. The van der Waals surface area contributed by atoms with Crippen LogP contribution in [0.25, 0.3) is 16.5 Å². The molecule has 4 aromatic rings. The highest BCUT2D eigenvalue weighted by Crippen LogP contribution is 2.28. The normalized spacial score (nSPS) is 11.3. The van der Waals surface area contributed by atoms with E-state index in [2.05, 4.69) is 4.99 Å². The second kappa shape index (κ2) is 7.71. The molecule has 0 bridgehead atoms. The first-order valence-electron chi connectivity index (χ1n) is 8.82. The minimum Gasteiger partial charge on any atom is -0.494 e. The number of benzene rings is 3. The first-order chi connectivity index (χ1) is 13.7. The van der Waals surface area contributed by atoms with Crippen molar-refractivity contribution in [2.75, 3.05) is 0 Å². The van der Waals surface area contributed by atoms with Gasteiger partial charge in [0.1, 0.15) is 0 Å². The number of hydrogen-bond acceptors (Lipinski definition) is 3. The Bertz CT molecular complexity index is 1230. The third-order valence-corrected chi connectivity index (χ3v) is 4.85. The molecule has 0 spiro atoms. The SMILES string of the molecule is O=c1c2ccccc2c(C=NCc2ccccc2)c(O)n1-c1ccccc1Cl. The van der Waals surface area contributed by atoms with E-state index in [1.165, 1.54) is 4.57 Å². The molecule has 0 atom stereocenters. The van der Waals surface area contributed by atoms with Crippen molar-refractivity contribution >= 4 is 28.6 Å². The fraction of sp³-hybridized carbons (Fsp3) is 0.0435. The Kier molecular flexibility index (Phi) is 4.96. The highest BCUT2D eigenvalue weighted by Gasteiger charge is 2.17. The van der Waals surface area contributed by atoms with Gasteiger partial charge in [-0.15, -0.1) is 0 Å². The lowest BCUT2D eigenvalue weighted by molar-refractivity contribution is 0.436. The summed E-state index contributed by atoms with van der Waals surface area (Å²) in [6, 6.07) is 23.9. The van der Waals surface area contributed by atoms with Gasteiger partial charge in [0.05, 0.1) is 22.8 Å². The van der Waals surface area contributed by atoms with Crippen LogP contribution in [0.5, 0.6) is 5.88 Å². The average Bonchev–Trinajstić information content (AvgIpc) is 2.73. The van der Waals surface area contributed by atoms with E-state index in [9.17, 15) is 9.90 Å². The van der Waals surface area contributed by atoms with E-state index in [4.69, 9.17) is 11.6 Å². The van der Waals surface area contributed by atoms with Crippen molar-refractivity contribution in [3.05, 3.63) is 105 Å². The summed E-state index contributed by atoms with van der Waals surface area (Å²) in [5.41, 5.74) is 1.63. The zero-order chi connectivity index (χ0) is 19.5. The van der Waals surface area contributed by atoms with Crippen LogP contribution in [0.15, 0.2) is 88.6 Å². The predicted octanol–water partition coefficient (Wildman–Crippen LogP) is 4.97. The van der Waals surface area contributed by atoms with Crippen molar-refractivity contribution in [3.8, 4) is 11.6 Å². The summed E-state index contributed by atoms with van der Waals surface area (Å²) in [4.78, 5) is 17.5. The molecule has 0 aliphatic carbocycles. The highest BCUT2D eigenvalue weighted by atomic mass is 35.5. The van der Waals surface area contributed by atoms with Gasteiger partial charge in [-0.3, -0.25) is 9.79 Å². The molecular formula is C23H17ClN2O2. The van der Waals surface area contributed by atoms with Crippen molar-refractivity contribution in [1.82, 2.24) is 4.57 Å². The molecule has 0 amide bonds. The molecule has 5 heteroatoms. The summed E-state index contributed by atoms with van der Waals surface area (Å²) in [6.45, 7) is 0.472. The third kappa shape index (κ3) is 3.30. The number of nitrogens with zero attached hydrogens (tertiary/aromatic N) is 2. The van der Waals surface area contributed by atoms with Crippen LogP contribution < -0.4 is 5.56 Å². The maximum absolute atomic E-state index is 13.0. The van der Waals surface area contributed by atoms with Crippen LogP contribution >= 0.6 is 11.6 Å². The molecule has 4 nitrogen and oxygen atoms in total. The van der Waals surface area contributed by atoms with Gasteiger partial charge < -0.3 is 5.11 Å². The number of aromatic hydroxyl groups is 1. The molecule has 1 heterocycles. The maximum Gasteiger partial charge on any atom is 0.265 e. The molecule has 1 aromatic heterocycles. The summed E-state index contributed by atoms with van der Waals surface area (Å²) in [6.07, 6.45) is 1.61. The van der Waals surface area contributed by atoms with Gasteiger partial charge in [-0.05, 0) is 23.8 Å². The lowest BCUT2D eigenvalue weighted by Gasteiger charge is -2.14. The van der Waals surface area contributed by atoms with E-state index in [-0.39, 0.29) is 11.4 Å².